The number of hydrogen-bond acceptors (Lipinski definition) is 4. The molecule has 106 valence electrons. The Morgan fingerprint density at radius 2 is 1.85 bits per heavy atom. The molecule has 2 aromatic rings. The molecule has 0 aliphatic carbocycles. The highest BCUT2D eigenvalue weighted by atomic mass is 32.2. The minimum Gasteiger partial charge on any atom is -0.354 e. The maximum atomic E-state index is 4.56. The van der Waals surface area contributed by atoms with Gasteiger partial charge in [0.05, 0.1) is 0 Å². The minimum absolute atomic E-state index is 0.721. The van der Waals surface area contributed by atoms with Gasteiger partial charge in [-0.15, -0.1) is 0 Å². The van der Waals surface area contributed by atoms with Crippen molar-refractivity contribution in [1.29, 1.82) is 0 Å². The molecule has 1 aromatic heterocycles. The van der Waals surface area contributed by atoms with Crippen LogP contribution in [0.5, 0.6) is 0 Å². The number of nitrogens with zero attached hydrogens (tertiary/aromatic N) is 2. The number of aryl methyl sites for hydroxylation is 3. The van der Waals surface area contributed by atoms with E-state index in [4.69, 9.17) is 0 Å². The molecule has 0 saturated heterocycles. The highest BCUT2D eigenvalue weighted by Gasteiger charge is 2.05. The summed E-state index contributed by atoms with van der Waals surface area (Å²) in [6, 6.07) is 8.53. The first-order valence-electron chi connectivity index (χ1n) is 6.93. The van der Waals surface area contributed by atoms with E-state index in [0.29, 0.717) is 0 Å². The summed E-state index contributed by atoms with van der Waals surface area (Å²) in [5, 5.41) is 4.23. The molecule has 1 N–H and O–H groups in total. The second-order valence-electron chi connectivity index (χ2n) is 4.95. The van der Waals surface area contributed by atoms with E-state index in [-0.39, 0.29) is 0 Å². The fraction of sp³-hybridized carbons (Fsp3) is 0.375. The average Bonchev–Trinajstić information content (AvgIpc) is 2.40. The zero-order chi connectivity index (χ0) is 14.5. The molecule has 0 spiro atoms. The Morgan fingerprint density at radius 3 is 2.55 bits per heavy atom. The Balaban J connectivity index is 2.19. The van der Waals surface area contributed by atoms with Gasteiger partial charge in [-0.2, -0.15) is 0 Å². The number of aromatic nitrogens is 2. The quantitative estimate of drug-likeness (QED) is 0.828. The molecule has 1 aromatic carbocycles. The van der Waals surface area contributed by atoms with Crippen molar-refractivity contribution in [3.63, 3.8) is 0 Å². The molecular weight excluding hydrogens is 266 g/mol. The molecule has 0 aliphatic heterocycles. The summed E-state index contributed by atoms with van der Waals surface area (Å²) in [5.41, 5.74) is 3.62. The number of rotatable bonds is 5. The van der Waals surface area contributed by atoms with Crippen LogP contribution in [0.2, 0.25) is 0 Å². The lowest BCUT2D eigenvalue weighted by atomic mass is 10.1. The zero-order valence-electron chi connectivity index (χ0n) is 12.5. The number of hydrogen-bond donors (Lipinski definition) is 1. The van der Waals surface area contributed by atoms with Crippen molar-refractivity contribution in [1.82, 2.24) is 9.97 Å². The Morgan fingerprint density at radius 1 is 1.05 bits per heavy atom. The van der Waals surface area contributed by atoms with Crippen LogP contribution in [0.25, 0.3) is 0 Å². The molecule has 20 heavy (non-hydrogen) atoms. The number of benzene rings is 1. The van der Waals surface area contributed by atoms with E-state index in [1.807, 2.05) is 13.0 Å². The number of anilines is 1. The lowest BCUT2D eigenvalue weighted by Gasteiger charge is -2.08. The first kappa shape index (κ1) is 14.9. The number of nitrogens with one attached hydrogen (secondary N) is 1. The molecule has 2 rings (SSSR count). The predicted molar refractivity (Wildman–Crippen MR) is 85.6 cm³/mol. The van der Waals surface area contributed by atoms with E-state index in [9.17, 15) is 0 Å². The molecule has 0 radical (unpaired) electrons. The highest BCUT2D eigenvalue weighted by Crippen LogP contribution is 2.28. The van der Waals surface area contributed by atoms with Crippen molar-refractivity contribution in [2.24, 2.45) is 0 Å². The summed E-state index contributed by atoms with van der Waals surface area (Å²) in [7, 11) is 0. The average molecular weight is 287 g/mol. The maximum absolute atomic E-state index is 4.56. The smallest absolute Gasteiger partial charge is 0.223 e. The van der Waals surface area contributed by atoms with Gasteiger partial charge in [-0.05, 0) is 56.5 Å². The van der Waals surface area contributed by atoms with Gasteiger partial charge in [0.1, 0.15) is 5.03 Å². The molecule has 0 fully saturated rings. The monoisotopic (exact) mass is 287 g/mol. The standard InChI is InChI=1S/C16H21N3S/c1-5-8-17-16-18-13(4)10-15(19-16)20-14-7-6-11(2)12(3)9-14/h6-7,9-10H,5,8H2,1-4H3,(H,17,18,19). The second-order valence-corrected chi connectivity index (χ2v) is 6.04. The molecule has 3 nitrogen and oxygen atoms in total. The largest absolute Gasteiger partial charge is 0.354 e. The van der Waals surface area contributed by atoms with Crippen molar-refractivity contribution in [3.8, 4) is 0 Å². The summed E-state index contributed by atoms with van der Waals surface area (Å²) in [4.78, 5) is 10.2. The van der Waals surface area contributed by atoms with Crippen LogP contribution in [0.15, 0.2) is 34.2 Å². The van der Waals surface area contributed by atoms with Gasteiger partial charge in [0, 0.05) is 17.1 Å². The van der Waals surface area contributed by atoms with Crippen molar-refractivity contribution >= 4 is 17.7 Å². The third-order valence-corrected chi connectivity index (χ3v) is 3.97. The van der Waals surface area contributed by atoms with Gasteiger partial charge in [0.25, 0.3) is 0 Å². The molecule has 0 atom stereocenters. The third kappa shape index (κ3) is 3.97. The molecular formula is C16H21N3S. The Bertz CT molecular complexity index is 596. The first-order chi connectivity index (χ1) is 9.58. The summed E-state index contributed by atoms with van der Waals surface area (Å²) < 4.78 is 0. The van der Waals surface area contributed by atoms with E-state index < -0.39 is 0 Å². The third-order valence-electron chi connectivity index (χ3n) is 3.06. The SMILES string of the molecule is CCCNc1nc(C)cc(Sc2ccc(C)c(C)c2)n1. The second kappa shape index (κ2) is 6.75. The van der Waals surface area contributed by atoms with Gasteiger partial charge in [0.2, 0.25) is 5.95 Å². The van der Waals surface area contributed by atoms with Gasteiger partial charge in [-0.25, -0.2) is 9.97 Å². The first-order valence-corrected chi connectivity index (χ1v) is 7.75. The topological polar surface area (TPSA) is 37.8 Å². The fourth-order valence-electron chi connectivity index (χ4n) is 1.81. The summed E-state index contributed by atoms with van der Waals surface area (Å²) in [6.45, 7) is 9.30. The normalized spacial score (nSPS) is 10.6. The van der Waals surface area contributed by atoms with Crippen molar-refractivity contribution in [2.75, 3.05) is 11.9 Å². The van der Waals surface area contributed by atoms with Crippen LogP contribution < -0.4 is 5.32 Å². The van der Waals surface area contributed by atoms with Gasteiger partial charge >= 0.3 is 0 Å². The summed E-state index contributed by atoms with van der Waals surface area (Å²) in [5.74, 6) is 0.721. The van der Waals surface area contributed by atoms with Crippen LogP contribution in [0.3, 0.4) is 0 Å². The van der Waals surface area contributed by atoms with Crippen LogP contribution >= 0.6 is 11.8 Å². The van der Waals surface area contributed by atoms with Crippen molar-refractivity contribution < 1.29 is 0 Å². The highest BCUT2D eigenvalue weighted by molar-refractivity contribution is 7.99. The zero-order valence-corrected chi connectivity index (χ0v) is 13.3. The van der Waals surface area contributed by atoms with E-state index >= 15 is 0 Å². The fourth-order valence-corrected chi connectivity index (χ4v) is 2.78. The molecule has 0 saturated carbocycles. The minimum atomic E-state index is 0.721. The summed E-state index contributed by atoms with van der Waals surface area (Å²) >= 11 is 1.68. The van der Waals surface area contributed by atoms with Crippen LogP contribution in [-0.4, -0.2) is 16.5 Å². The van der Waals surface area contributed by atoms with Gasteiger partial charge < -0.3 is 5.32 Å². The molecule has 0 bridgehead atoms. The Hall–Kier alpha value is -1.55. The lowest BCUT2D eigenvalue weighted by molar-refractivity contribution is 0.924. The maximum Gasteiger partial charge on any atom is 0.223 e. The van der Waals surface area contributed by atoms with Crippen molar-refractivity contribution in [3.05, 3.63) is 41.1 Å². The lowest BCUT2D eigenvalue weighted by Crippen LogP contribution is -2.05. The van der Waals surface area contributed by atoms with E-state index in [0.717, 1.165) is 29.6 Å². The van der Waals surface area contributed by atoms with Crippen LogP contribution in [0, 0.1) is 20.8 Å². The molecule has 4 heteroatoms. The van der Waals surface area contributed by atoms with Crippen LogP contribution in [0.4, 0.5) is 5.95 Å². The van der Waals surface area contributed by atoms with Gasteiger partial charge in [-0.1, -0.05) is 24.8 Å². The molecule has 1 heterocycles. The Labute approximate surface area is 125 Å². The van der Waals surface area contributed by atoms with Crippen LogP contribution in [0.1, 0.15) is 30.2 Å². The van der Waals surface area contributed by atoms with Crippen molar-refractivity contribution in [2.45, 2.75) is 44.0 Å². The predicted octanol–water partition coefficient (Wildman–Crippen LogP) is 4.37. The van der Waals surface area contributed by atoms with E-state index in [1.54, 1.807) is 11.8 Å². The molecule has 0 aliphatic rings. The van der Waals surface area contributed by atoms with Crippen LogP contribution in [-0.2, 0) is 0 Å². The summed E-state index contributed by atoms with van der Waals surface area (Å²) in [6.07, 6.45) is 1.07. The molecule has 0 unspecified atom stereocenters. The van der Waals surface area contributed by atoms with Gasteiger partial charge in [0.15, 0.2) is 0 Å². The van der Waals surface area contributed by atoms with E-state index in [2.05, 4.69) is 54.3 Å². The molecule has 0 amide bonds. The van der Waals surface area contributed by atoms with Gasteiger partial charge in [-0.3, -0.25) is 0 Å². The Kier molecular flexibility index (Phi) is 5.01. The van der Waals surface area contributed by atoms with E-state index in [1.165, 1.54) is 16.0 Å².